The van der Waals surface area contributed by atoms with Crippen molar-refractivity contribution in [3.8, 4) is 0 Å². The first-order valence-electron chi connectivity index (χ1n) is 4.59. The van der Waals surface area contributed by atoms with Gasteiger partial charge in [-0.1, -0.05) is 0 Å². The summed E-state index contributed by atoms with van der Waals surface area (Å²) in [6.07, 6.45) is 0.523. The fraction of sp³-hybridized carbons (Fsp3) is 0.875. The van der Waals surface area contributed by atoms with Crippen LogP contribution in [0.15, 0.2) is 0 Å². The van der Waals surface area contributed by atoms with Crippen molar-refractivity contribution in [2.45, 2.75) is 25.6 Å². The smallest absolute Gasteiger partial charge is 0.320 e. The molecule has 0 heterocycles. The van der Waals surface area contributed by atoms with Crippen molar-refractivity contribution in [3.63, 3.8) is 0 Å². The lowest BCUT2D eigenvalue weighted by molar-refractivity contribution is -0.138. The number of hydrogen-bond donors (Lipinski definition) is 4. The first kappa shape index (κ1) is 13.7. The molecule has 6 heteroatoms. The highest BCUT2D eigenvalue weighted by molar-refractivity contribution is 7.99. The maximum atomic E-state index is 10.3. The van der Waals surface area contributed by atoms with Crippen LogP contribution in [0.5, 0.6) is 0 Å². The first-order chi connectivity index (χ1) is 6.54. The number of hydrogen-bond acceptors (Lipinski definition) is 5. The molecule has 0 aliphatic carbocycles. The van der Waals surface area contributed by atoms with Crippen molar-refractivity contribution in [2.75, 3.05) is 18.1 Å². The Labute approximate surface area is 88.6 Å². The normalized spacial score (nSPS) is 15.1. The largest absolute Gasteiger partial charge is 0.480 e. The van der Waals surface area contributed by atoms with Gasteiger partial charge in [0.25, 0.3) is 0 Å². The van der Waals surface area contributed by atoms with Gasteiger partial charge in [0.15, 0.2) is 0 Å². The van der Waals surface area contributed by atoms with Crippen LogP contribution in [0.4, 0.5) is 0 Å². The number of thioether (sulfide) groups is 1. The molecule has 0 radical (unpaired) electrons. The van der Waals surface area contributed by atoms with Gasteiger partial charge in [-0.05, 0) is 19.1 Å². The number of carboxylic acids is 1. The molecule has 84 valence electrons. The Morgan fingerprint density at radius 2 is 2.14 bits per heavy atom. The minimum absolute atomic E-state index is 0.0110. The number of rotatable bonds is 8. The number of nitrogens with two attached hydrogens (primary N) is 2. The molecule has 0 aromatic carbocycles. The zero-order valence-electron chi connectivity index (χ0n) is 8.40. The standard InChI is InChI=1S/C8H19N3O2S/c1-6(9)11-3-5-14-4-2-7(10)8(12)13/h6-7,11H,2-5,9-10H2,1H3,(H,12,13)/t6?,7-/m1/s1. The first-order valence-corrected chi connectivity index (χ1v) is 5.74. The summed E-state index contributed by atoms with van der Waals surface area (Å²) in [4.78, 5) is 10.3. The lowest BCUT2D eigenvalue weighted by Gasteiger charge is -2.08. The molecule has 1 unspecified atom stereocenters. The van der Waals surface area contributed by atoms with E-state index < -0.39 is 12.0 Å². The van der Waals surface area contributed by atoms with Crippen LogP contribution in [-0.4, -0.2) is 41.3 Å². The molecular weight excluding hydrogens is 202 g/mol. The molecule has 14 heavy (non-hydrogen) atoms. The van der Waals surface area contributed by atoms with Gasteiger partial charge in [-0.15, -0.1) is 0 Å². The molecule has 0 amide bonds. The van der Waals surface area contributed by atoms with E-state index in [9.17, 15) is 4.79 Å². The zero-order chi connectivity index (χ0) is 11.0. The van der Waals surface area contributed by atoms with E-state index >= 15 is 0 Å². The Morgan fingerprint density at radius 1 is 1.50 bits per heavy atom. The number of aliphatic carboxylic acids is 1. The van der Waals surface area contributed by atoms with Crippen LogP contribution in [0.25, 0.3) is 0 Å². The van der Waals surface area contributed by atoms with Gasteiger partial charge in [0.05, 0.1) is 6.17 Å². The molecule has 0 fully saturated rings. The van der Waals surface area contributed by atoms with Crippen LogP contribution in [-0.2, 0) is 4.79 Å². The molecule has 2 atom stereocenters. The van der Waals surface area contributed by atoms with Crippen molar-refractivity contribution in [1.29, 1.82) is 0 Å². The summed E-state index contributed by atoms with van der Waals surface area (Å²) < 4.78 is 0. The molecule has 0 aromatic rings. The predicted molar refractivity (Wildman–Crippen MR) is 59.2 cm³/mol. The van der Waals surface area contributed by atoms with E-state index in [-0.39, 0.29) is 6.17 Å². The lowest BCUT2D eigenvalue weighted by atomic mass is 10.2. The summed E-state index contributed by atoms with van der Waals surface area (Å²) in [5.74, 6) is 0.765. The Kier molecular flexibility index (Phi) is 7.87. The third kappa shape index (κ3) is 8.31. The molecular formula is C8H19N3O2S. The summed E-state index contributed by atoms with van der Waals surface area (Å²) >= 11 is 1.68. The van der Waals surface area contributed by atoms with E-state index in [4.69, 9.17) is 16.6 Å². The van der Waals surface area contributed by atoms with Gasteiger partial charge in [-0.2, -0.15) is 11.8 Å². The van der Waals surface area contributed by atoms with Crippen LogP contribution in [0.2, 0.25) is 0 Å². The van der Waals surface area contributed by atoms with Gasteiger partial charge in [-0.3, -0.25) is 4.79 Å². The van der Waals surface area contributed by atoms with Gasteiger partial charge >= 0.3 is 5.97 Å². The molecule has 6 N–H and O–H groups in total. The summed E-state index contributed by atoms with van der Waals surface area (Å²) in [7, 11) is 0. The van der Waals surface area contributed by atoms with Crippen LogP contribution >= 0.6 is 11.8 Å². The quantitative estimate of drug-likeness (QED) is 0.323. The zero-order valence-corrected chi connectivity index (χ0v) is 9.22. The van der Waals surface area contributed by atoms with Crippen molar-refractivity contribution in [3.05, 3.63) is 0 Å². The Hall–Kier alpha value is -0.300. The number of nitrogens with one attached hydrogen (secondary N) is 1. The van der Waals surface area contributed by atoms with Gasteiger partial charge in [0, 0.05) is 12.3 Å². The fourth-order valence-electron chi connectivity index (χ4n) is 0.795. The molecule has 5 nitrogen and oxygen atoms in total. The average molecular weight is 221 g/mol. The van der Waals surface area contributed by atoms with Crippen molar-refractivity contribution < 1.29 is 9.90 Å². The maximum absolute atomic E-state index is 10.3. The van der Waals surface area contributed by atoms with E-state index in [0.29, 0.717) is 6.42 Å². The summed E-state index contributed by atoms with van der Waals surface area (Å²) in [5.41, 5.74) is 10.8. The second-order valence-corrected chi connectivity index (χ2v) is 4.31. The van der Waals surface area contributed by atoms with E-state index in [1.807, 2.05) is 6.92 Å². The Morgan fingerprint density at radius 3 is 2.64 bits per heavy atom. The minimum atomic E-state index is -0.931. The van der Waals surface area contributed by atoms with E-state index in [1.54, 1.807) is 11.8 Å². The highest BCUT2D eigenvalue weighted by Crippen LogP contribution is 2.03. The van der Waals surface area contributed by atoms with Crippen LogP contribution in [0.1, 0.15) is 13.3 Å². The van der Waals surface area contributed by atoms with E-state index in [2.05, 4.69) is 5.32 Å². The van der Waals surface area contributed by atoms with Gasteiger partial charge in [-0.25, -0.2) is 0 Å². The van der Waals surface area contributed by atoms with Crippen LogP contribution in [0, 0.1) is 0 Å². The van der Waals surface area contributed by atoms with Crippen molar-refractivity contribution in [1.82, 2.24) is 5.32 Å². The summed E-state index contributed by atoms with van der Waals surface area (Å²) in [6.45, 7) is 2.72. The molecule has 0 aliphatic heterocycles. The SMILES string of the molecule is CC(N)NCCSCC[C@@H](N)C(=O)O. The minimum Gasteiger partial charge on any atom is -0.480 e. The monoisotopic (exact) mass is 221 g/mol. The molecule has 0 spiro atoms. The number of carboxylic acid groups (broad SMARTS) is 1. The van der Waals surface area contributed by atoms with Crippen LogP contribution in [0.3, 0.4) is 0 Å². The van der Waals surface area contributed by atoms with E-state index in [0.717, 1.165) is 18.1 Å². The highest BCUT2D eigenvalue weighted by Gasteiger charge is 2.09. The molecule has 0 rings (SSSR count). The molecule has 0 aliphatic rings. The Balaban J connectivity index is 3.17. The molecule has 0 bridgehead atoms. The summed E-state index contributed by atoms with van der Waals surface area (Å²) in [6, 6.07) is -0.733. The molecule has 0 aromatic heterocycles. The Bertz CT molecular complexity index is 167. The molecule has 0 saturated heterocycles. The van der Waals surface area contributed by atoms with E-state index in [1.165, 1.54) is 0 Å². The van der Waals surface area contributed by atoms with Crippen molar-refractivity contribution >= 4 is 17.7 Å². The predicted octanol–water partition coefficient (Wildman–Crippen LogP) is -0.584. The van der Waals surface area contributed by atoms with Gasteiger partial charge in [0.2, 0.25) is 0 Å². The third-order valence-electron chi connectivity index (χ3n) is 1.60. The van der Waals surface area contributed by atoms with Gasteiger partial charge in [0.1, 0.15) is 6.04 Å². The second kappa shape index (κ2) is 8.05. The van der Waals surface area contributed by atoms with Crippen molar-refractivity contribution in [2.24, 2.45) is 11.5 Å². The average Bonchev–Trinajstić information content (AvgIpc) is 2.09. The second-order valence-electron chi connectivity index (χ2n) is 3.09. The number of carbonyl (C=O) groups is 1. The maximum Gasteiger partial charge on any atom is 0.320 e. The third-order valence-corrected chi connectivity index (χ3v) is 2.62. The molecule has 0 saturated carbocycles. The highest BCUT2D eigenvalue weighted by atomic mass is 32.2. The summed E-state index contributed by atoms with van der Waals surface area (Å²) in [5, 5.41) is 11.6. The fourth-order valence-corrected chi connectivity index (χ4v) is 1.68. The van der Waals surface area contributed by atoms with Crippen LogP contribution < -0.4 is 16.8 Å². The van der Waals surface area contributed by atoms with Gasteiger partial charge < -0.3 is 21.9 Å². The lowest BCUT2D eigenvalue weighted by Crippen LogP contribution is -2.35. The topological polar surface area (TPSA) is 101 Å².